The molecule has 1 saturated heterocycles. The summed E-state index contributed by atoms with van der Waals surface area (Å²) in [5.74, 6) is -0.493. The molecule has 1 aliphatic heterocycles. The monoisotopic (exact) mass is 312 g/mol. The Morgan fingerprint density at radius 3 is 2.45 bits per heavy atom. The molecule has 1 amide bonds. The van der Waals surface area contributed by atoms with Crippen molar-refractivity contribution in [2.24, 2.45) is 4.99 Å². The predicted molar refractivity (Wildman–Crippen MR) is 88.4 cm³/mol. The molecule has 1 heterocycles. The Kier molecular flexibility index (Phi) is 4.06. The van der Waals surface area contributed by atoms with Gasteiger partial charge in [0.15, 0.2) is 5.17 Å². The highest BCUT2D eigenvalue weighted by atomic mass is 32.2. The van der Waals surface area contributed by atoms with Crippen LogP contribution in [0.1, 0.15) is 11.1 Å². The summed E-state index contributed by atoms with van der Waals surface area (Å²) in [4.78, 5) is 16.9. The number of nitrogens with zero attached hydrogens (tertiary/aromatic N) is 1. The van der Waals surface area contributed by atoms with E-state index in [9.17, 15) is 9.18 Å². The van der Waals surface area contributed by atoms with Gasteiger partial charge >= 0.3 is 0 Å². The van der Waals surface area contributed by atoms with Gasteiger partial charge in [-0.25, -0.2) is 9.38 Å². The van der Waals surface area contributed by atoms with E-state index in [4.69, 9.17) is 0 Å². The smallest absolute Gasteiger partial charge is 0.264 e. The number of benzene rings is 2. The number of thioether (sulfide) groups is 1. The largest absolute Gasteiger partial charge is 0.300 e. The van der Waals surface area contributed by atoms with Crippen molar-refractivity contribution in [3.8, 4) is 0 Å². The van der Waals surface area contributed by atoms with Crippen molar-refractivity contribution in [3.05, 3.63) is 70.4 Å². The van der Waals surface area contributed by atoms with Crippen molar-refractivity contribution in [2.75, 3.05) is 0 Å². The normalized spacial score (nSPS) is 18.0. The van der Waals surface area contributed by atoms with Crippen LogP contribution in [0.15, 0.2) is 58.4 Å². The van der Waals surface area contributed by atoms with Crippen LogP contribution in [0.25, 0.3) is 6.08 Å². The van der Waals surface area contributed by atoms with Gasteiger partial charge in [0.25, 0.3) is 5.91 Å². The van der Waals surface area contributed by atoms with Crippen LogP contribution < -0.4 is 5.32 Å². The first kappa shape index (κ1) is 14.5. The van der Waals surface area contributed by atoms with Crippen LogP contribution in [0.2, 0.25) is 0 Å². The Hall–Kier alpha value is -2.40. The van der Waals surface area contributed by atoms with Crippen molar-refractivity contribution < 1.29 is 9.18 Å². The van der Waals surface area contributed by atoms with Gasteiger partial charge in [-0.2, -0.15) is 0 Å². The van der Waals surface area contributed by atoms with Gasteiger partial charge in [0.05, 0.1) is 10.6 Å². The first-order chi connectivity index (χ1) is 10.6. The summed E-state index contributed by atoms with van der Waals surface area (Å²) in [7, 11) is 0. The van der Waals surface area contributed by atoms with Gasteiger partial charge in [0.2, 0.25) is 0 Å². The summed E-state index contributed by atoms with van der Waals surface area (Å²) in [6, 6.07) is 13.7. The molecule has 0 spiro atoms. The average Bonchev–Trinajstić information content (AvgIpc) is 2.84. The molecule has 2 aromatic carbocycles. The summed E-state index contributed by atoms with van der Waals surface area (Å²) in [6.07, 6.45) is 1.72. The van der Waals surface area contributed by atoms with Crippen LogP contribution in [-0.2, 0) is 4.79 Å². The molecule has 1 aliphatic rings. The maximum atomic E-state index is 12.9. The maximum absolute atomic E-state index is 12.9. The number of hydrogen-bond acceptors (Lipinski definition) is 3. The fourth-order valence-corrected chi connectivity index (χ4v) is 2.77. The fourth-order valence-electron chi connectivity index (χ4n) is 1.93. The average molecular weight is 312 g/mol. The number of rotatable bonds is 2. The highest BCUT2D eigenvalue weighted by molar-refractivity contribution is 8.18. The lowest BCUT2D eigenvalue weighted by Gasteiger charge is -1.97. The minimum atomic E-state index is -0.299. The van der Waals surface area contributed by atoms with Crippen LogP contribution in [0.5, 0.6) is 0 Å². The first-order valence-electron chi connectivity index (χ1n) is 6.72. The van der Waals surface area contributed by atoms with Gasteiger partial charge < -0.3 is 5.32 Å². The second-order valence-corrected chi connectivity index (χ2v) is 5.90. The van der Waals surface area contributed by atoms with E-state index in [2.05, 4.69) is 10.3 Å². The minimum absolute atomic E-state index is 0.194. The van der Waals surface area contributed by atoms with Crippen LogP contribution in [0, 0.1) is 12.7 Å². The lowest BCUT2D eigenvalue weighted by Crippen LogP contribution is -2.19. The van der Waals surface area contributed by atoms with Crippen LogP contribution in [0.3, 0.4) is 0 Å². The zero-order valence-corrected chi connectivity index (χ0v) is 12.7. The maximum Gasteiger partial charge on any atom is 0.264 e. The molecule has 0 aromatic heterocycles. The number of amides is 1. The molecule has 22 heavy (non-hydrogen) atoms. The van der Waals surface area contributed by atoms with Gasteiger partial charge in [-0.1, -0.05) is 29.8 Å². The standard InChI is InChI=1S/C17H13FN2OS/c1-11-2-8-14(9-3-11)19-17-20-16(21)15(22-17)10-12-4-6-13(18)7-5-12/h2-10H,1H3,(H,19,20,21). The van der Waals surface area contributed by atoms with E-state index in [1.807, 2.05) is 31.2 Å². The van der Waals surface area contributed by atoms with Crippen LogP contribution >= 0.6 is 11.8 Å². The predicted octanol–water partition coefficient (Wildman–Crippen LogP) is 4.03. The van der Waals surface area contributed by atoms with Crippen molar-refractivity contribution in [1.29, 1.82) is 0 Å². The topological polar surface area (TPSA) is 41.5 Å². The summed E-state index contributed by atoms with van der Waals surface area (Å²) in [5.41, 5.74) is 2.72. The SMILES string of the molecule is Cc1ccc(N=C2NC(=O)C(=Cc3ccc(F)cc3)S2)cc1. The molecule has 110 valence electrons. The lowest BCUT2D eigenvalue weighted by molar-refractivity contribution is -0.115. The summed E-state index contributed by atoms with van der Waals surface area (Å²) < 4.78 is 12.9. The third kappa shape index (κ3) is 3.43. The molecule has 0 radical (unpaired) electrons. The molecule has 0 aliphatic carbocycles. The van der Waals surface area contributed by atoms with Gasteiger partial charge in [0, 0.05) is 0 Å². The Balaban J connectivity index is 1.80. The van der Waals surface area contributed by atoms with Gasteiger partial charge in [-0.3, -0.25) is 4.79 Å². The molecule has 5 heteroatoms. The zero-order valence-electron chi connectivity index (χ0n) is 11.8. The fraction of sp³-hybridized carbons (Fsp3) is 0.0588. The number of nitrogens with one attached hydrogen (secondary N) is 1. The molecular formula is C17H13FN2OS. The summed E-state index contributed by atoms with van der Waals surface area (Å²) >= 11 is 1.27. The van der Waals surface area contributed by atoms with Crippen molar-refractivity contribution in [2.45, 2.75) is 6.92 Å². The number of hydrogen-bond donors (Lipinski definition) is 1. The number of carbonyl (C=O) groups is 1. The molecule has 0 unspecified atom stereocenters. The Morgan fingerprint density at radius 1 is 1.09 bits per heavy atom. The molecule has 1 fully saturated rings. The third-order valence-electron chi connectivity index (χ3n) is 3.08. The second-order valence-electron chi connectivity index (χ2n) is 4.87. The Labute approximate surface area is 132 Å². The van der Waals surface area contributed by atoms with E-state index < -0.39 is 0 Å². The highest BCUT2D eigenvalue weighted by Crippen LogP contribution is 2.28. The third-order valence-corrected chi connectivity index (χ3v) is 3.99. The van der Waals surface area contributed by atoms with E-state index in [1.165, 1.54) is 23.9 Å². The summed E-state index contributed by atoms with van der Waals surface area (Å²) in [5, 5.41) is 3.27. The quantitative estimate of drug-likeness (QED) is 0.851. The molecule has 1 N–H and O–H groups in total. The number of aliphatic imine (C=N–C) groups is 1. The van der Waals surface area contributed by atoms with Gasteiger partial charge in [0.1, 0.15) is 5.82 Å². The van der Waals surface area contributed by atoms with Gasteiger partial charge in [-0.05, 0) is 54.6 Å². The molecule has 3 rings (SSSR count). The van der Waals surface area contributed by atoms with Crippen LogP contribution in [0.4, 0.5) is 10.1 Å². The lowest BCUT2D eigenvalue weighted by atomic mass is 10.2. The number of halogens is 1. The zero-order chi connectivity index (χ0) is 15.5. The van der Waals surface area contributed by atoms with E-state index in [0.29, 0.717) is 10.1 Å². The van der Waals surface area contributed by atoms with E-state index in [1.54, 1.807) is 18.2 Å². The highest BCUT2D eigenvalue weighted by Gasteiger charge is 2.23. The summed E-state index contributed by atoms with van der Waals surface area (Å²) in [6.45, 7) is 2.01. The molecule has 2 aromatic rings. The number of carbonyl (C=O) groups excluding carboxylic acids is 1. The van der Waals surface area contributed by atoms with Crippen molar-refractivity contribution in [3.63, 3.8) is 0 Å². The first-order valence-corrected chi connectivity index (χ1v) is 7.54. The minimum Gasteiger partial charge on any atom is -0.300 e. The van der Waals surface area contributed by atoms with E-state index in [0.717, 1.165) is 16.8 Å². The van der Waals surface area contributed by atoms with Crippen molar-refractivity contribution in [1.82, 2.24) is 5.32 Å². The Morgan fingerprint density at radius 2 is 1.77 bits per heavy atom. The van der Waals surface area contributed by atoms with Gasteiger partial charge in [-0.15, -0.1) is 0 Å². The second kappa shape index (κ2) is 6.15. The number of aryl methyl sites for hydroxylation is 1. The molecule has 3 nitrogen and oxygen atoms in total. The molecule has 0 bridgehead atoms. The number of amidine groups is 1. The van der Waals surface area contributed by atoms with Crippen LogP contribution in [-0.4, -0.2) is 11.1 Å². The van der Waals surface area contributed by atoms with E-state index >= 15 is 0 Å². The molecule has 0 saturated carbocycles. The van der Waals surface area contributed by atoms with Crippen molar-refractivity contribution >= 4 is 34.6 Å². The molecule has 0 atom stereocenters. The van der Waals surface area contributed by atoms with E-state index in [-0.39, 0.29) is 11.7 Å². The molecular weight excluding hydrogens is 299 g/mol. The Bertz CT molecular complexity index is 764.